The summed E-state index contributed by atoms with van der Waals surface area (Å²) in [5.41, 5.74) is 0.791. The summed E-state index contributed by atoms with van der Waals surface area (Å²) >= 11 is 3.38. The third-order valence-corrected chi connectivity index (χ3v) is 2.17. The summed E-state index contributed by atoms with van der Waals surface area (Å²) in [5.74, 6) is 5.60. The predicted molar refractivity (Wildman–Crippen MR) is 47.6 cm³/mol. The second-order valence-electron chi connectivity index (χ2n) is 2.26. The van der Waals surface area contributed by atoms with Gasteiger partial charge in [0.1, 0.15) is 0 Å². The average Bonchev–Trinajstić information content (AvgIpc) is 2.30. The fourth-order valence-electron chi connectivity index (χ4n) is 1.04. The molecule has 2 aromatic heterocycles. The predicted octanol–water partition coefficient (Wildman–Crippen LogP) is 1.51. The van der Waals surface area contributed by atoms with Crippen molar-refractivity contribution in [3.8, 4) is 0 Å². The molecule has 0 saturated carbocycles. The lowest BCUT2D eigenvalue weighted by Gasteiger charge is -1.91. The number of aromatic nitrogens is 2. The fourth-order valence-corrected chi connectivity index (χ4v) is 1.57. The van der Waals surface area contributed by atoms with Gasteiger partial charge in [0.25, 0.3) is 0 Å². The van der Waals surface area contributed by atoms with Gasteiger partial charge in [0, 0.05) is 22.3 Å². The van der Waals surface area contributed by atoms with Crippen LogP contribution in [0.4, 0.5) is 0 Å². The molecule has 0 radical (unpaired) electrons. The van der Waals surface area contributed by atoms with Crippen molar-refractivity contribution in [3.05, 3.63) is 29.0 Å². The molecule has 4 heteroatoms. The highest BCUT2D eigenvalue weighted by Gasteiger charge is 2.02. The molecular weight excluding hydrogens is 206 g/mol. The number of fused-ring (bicyclic) bond motifs is 1. The highest BCUT2D eigenvalue weighted by Crippen LogP contribution is 2.22. The number of nitrogens with two attached hydrogens (primary N) is 1. The van der Waals surface area contributed by atoms with Crippen molar-refractivity contribution < 1.29 is 0 Å². The van der Waals surface area contributed by atoms with Gasteiger partial charge >= 0.3 is 0 Å². The lowest BCUT2D eigenvalue weighted by Crippen LogP contribution is -2.05. The SMILES string of the molecule is Nn1cc(Br)c2cccnc21. The molecule has 56 valence electrons. The van der Waals surface area contributed by atoms with E-state index in [0.29, 0.717) is 0 Å². The zero-order valence-electron chi connectivity index (χ0n) is 5.66. The minimum atomic E-state index is 0.791. The maximum absolute atomic E-state index is 5.60. The van der Waals surface area contributed by atoms with Crippen LogP contribution >= 0.6 is 15.9 Å². The van der Waals surface area contributed by atoms with Crippen LogP contribution in [0, 0.1) is 0 Å². The first-order chi connectivity index (χ1) is 5.29. The molecule has 0 amide bonds. The minimum Gasteiger partial charge on any atom is -0.338 e. The third kappa shape index (κ3) is 0.903. The van der Waals surface area contributed by atoms with Gasteiger partial charge in [-0.15, -0.1) is 0 Å². The molecule has 0 atom stereocenters. The van der Waals surface area contributed by atoms with Crippen molar-refractivity contribution in [2.75, 3.05) is 5.84 Å². The Hall–Kier alpha value is -1.03. The second kappa shape index (κ2) is 2.23. The first-order valence-corrected chi connectivity index (χ1v) is 3.95. The van der Waals surface area contributed by atoms with Crippen LogP contribution in [0.25, 0.3) is 11.0 Å². The Morgan fingerprint density at radius 1 is 1.55 bits per heavy atom. The molecule has 2 N–H and O–H groups in total. The first kappa shape index (κ1) is 6.67. The average molecular weight is 212 g/mol. The standard InChI is InChI=1S/C7H6BrN3/c8-6-4-11(9)7-5(6)2-1-3-10-7/h1-4H,9H2. The number of halogens is 1. The van der Waals surface area contributed by atoms with E-state index in [1.54, 1.807) is 12.4 Å². The van der Waals surface area contributed by atoms with Crippen molar-refractivity contribution in [2.45, 2.75) is 0 Å². The van der Waals surface area contributed by atoms with E-state index in [2.05, 4.69) is 20.9 Å². The van der Waals surface area contributed by atoms with Crippen LogP contribution in [0.3, 0.4) is 0 Å². The fraction of sp³-hybridized carbons (Fsp3) is 0. The first-order valence-electron chi connectivity index (χ1n) is 3.15. The Morgan fingerprint density at radius 3 is 3.09 bits per heavy atom. The summed E-state index contributed by atoms with van der Waals surface area (Å²) in [4.78, 5) is 4.11. The molecular formula is C7H6BrN3. The van der Waals surface area contributed by atoms with E-state index in [0.717, 1.165) is 15.5 Å². The zero-order chi connectivity index (χ0) is 7.84. The molecule has 2 heterocycles. The van der Waals surface area contributed by atoms with E-state index in [1.807, 2.05) is 12.1 Å². The van der Waals surface area contributed by atoms with Gasteiger partial charge in [-0.3, -0.25) is 4.68 Å². The van der Waals surface area contributed by atoms with Gasteiger partial charge in [-0.2, -0.15) is 0 Å². The van der Waals surface area contributed by atoms with E-state index < -0.39 is 0 Å². The van der Waals surface area contributed by atoms with Crippen LogP contribution in [0.2, 0.25) is 0 Å². The van der Waals surface area contributed by atoms with Gasteiger partial charge in [0.05, 0.1) is 0 Å². The molecule has 0 spiro atoms. The molecule has 2 rings (SSSR count). The van der Waals surface area contributed by atoms with Gasteiger partial charge in [0.2, 0.25) is 0 Å². The van der Waals surface area contributed by atoms with Gasteiger partial charge in [0.15, 0.2) is 5.65 Å². The smallest absolute Gasteiger partial charge is 0.159 e. The quantitative estimate of drug-likeness (QED) is 0.672. The molecule has 0 aliphatic heterocycles. The number of nitrogens with zero attached hydrogens (tertiary/aromatic N) is 2. The number of pyridine rings is 1. The van der Waals surface area contributed by atoms with E-state index in [1.165, 1.54) is 4.68 Å². The number of hydrogen-bond acceptors (Lipinski definition) is 2. The number of nitrogen functional groups attached to an aromatic ring is 1. The van der Waals surface area contributed by atoms with Crippen molar-refractivity contribution in [3.63, 3.8) is 0 Å². The highest BCUT2D eigenvalue weighted by molar-refractivity contribution is 9.10. The molecule has 2 aromatic rings. The van der Waals surface area contributed by atoms with Crippen LogP contribution < -0.4 is 5.84 Å². The van der Waals surface area contributed by atoms with E-state index in [-0.39, 0.29) is 0 Å². The Morgan fingerprint density at radius 2 is 2.36 bits per heavy atom. The Balaban J connectivity index is 2.95. The molecule has 0 aromatic carbocycles. The van der Waals surface area contributed by atoms with Crippen LogP contribution in [-0.2, 0) is 0 Å². The summed E-state index contributed by atoms with van der Waals surface area (Å²) in [6.45, 7) is 0. The van der Waals surface area contributed by atoms with Crippen LogP contribution in [0.5, 0.6) is 0 Å². The van der Waals surface area contributed by atoms with Crippen molar-refractivity contribution in [1.82, 2.24) is 9.66 Å². The van der Waals surface area contributed by atoms with E-state index in [9.17, 15) is 0 Å². The monoisotopic (exact) mass is 211 g/mol. The number of rotatable bonds is 0. The van der Waals surface area contributed by atoms with Crippen LogP contribution in [0.1, 0.15) is 0 Å². The molecule has 0 unspecified atom stereocenters. The molecule has 0 bridgehead atoms. The Labute approximate surface area is 71.9 Å². The maximum atomic E-state index is 5.60. The molecule has 0 fully saturated rings. The summed E-state index contributed by atoms with van der Waals surface area (Å²) < 4.78 is 2.47. The summed E-state index contributed by atoms with van der Waals surface area (Å²) in [5, 5.41) is 1.04. The normalized spacial score (nSPS) is 10.6. The summed E-state index contributed by atoms with van der Waals surface area (Å²) in [6, 6.07) is 3.85. The number of hydrogen-bond donors (Lipinski definition) is 1. The van der Waals surface area contributed by atoms with Crippen molar-refractivity contribution >= 4 is 27.0 Å². The Kier molecular flexibility index (Phi) is 1.35. The van der Waals surface area contributed by atoms with Crippen molar-refractivity contribution in [2.24, 2.45) is 0 Å². The largest absolute Gasteiger partial charge is 0.338 e. The van der Waals surface area contributed by atoms with E-state index >= 15 is 0 Å². The van der Waals surface area contributed by atoms with Gasteiger partial charge < -0.3 is 5.84 Å². The molecule has 0 aliphatic rings. The molecule has 3 nitrogen and oxygen atoms in total. The van der Waals surface area contributed by atoms with Gasteiger partial charge in [-0.25, -0.2) is 4.98 Å². The third-order valence-electron chi connectivity index (χ3n) is 1.54. The maximum Gasteiger partial charge on any atom is 0.159 e. The topological polar surface area (TPSA) is 43.8 Å². The lowest BCUT2D eigenvalue weighted by atomic mass is 10.3. The Bertz CT molecular complexity index is 357. The summed E-state index contributed by atoms with van der Waals surface area (Å²) in [7, 11) is 0. The summed E-state index contributed by atoms with van der Waals surface area (Å²) in [6.07, 6.45) is 3.51. The van der Waals surface area contributed by atoms with Crippen LogP contribution in [0.15, 0.2) is 29.0 Å². The van der Waals surface area contributed by atoms with Crippen molar-refractivity contribution in [1.29, 1.82) is 0 Å². The van der Waals surface area contributed by atoms with Gasteiger partial charge in [-0.1, -0.05) is 0 Å². The minimum absolute atomic E-state index is 0.791. The lowest BCUT2D eigenvalue weighted by molar-refractivity contribution is 1.03. The zero-order valence-corrected chi connectivity index (χ0v) is 7.25. The molecule has 0 saturated heterocycles. The molecule has 0 aliphatic carbocycles. The highest BCUT2D eigenvalue weighted by atomic mass is 79.9. The van der Waals surface area contributed by atoms with Gasteiger partial charge in [-0.05, 0) is 28.1 Å². The second-order valence-corrected chi connectivity index (χ2v) is 3.11. The van der Waals surface area contributed by atoms with Crippen LogP contribution in [-0.4, -0.2) is 9.66 Å². The van der Waals surface area contributed by atoms with E-state index in [4.69, 9.17) is 5.84 Å². The molecule has 11 heavy (non-hydrogen) atoms.